The van der Waals surface area contributed by atoms with Crippen LogP contribution < -0.4 is 0 Å². The molecule has 1 fully saturated rings. The highest BCUT2D eigenvalue weighted by Gasteiger charge is 2.21. The molecule has 1 aliphatic rings. The van der Waals surface area contributed by atoms with E-state index in [1.165, 1.54) is 0 Å². The largest absolute Gasteiger partial charge is 0.342 e. The number of nitrogens with zero attached hydrogens (tertiary/aromatic N) is 4. The zero-order valence-electron chi connectivity index (χ0n) is 7.10. The van der Waals surface area contributed by atoms with E-state index in [0.717, 1.165) is 25.9 Å². The van der Waals surface area contributed by atoms with Gasteiger partial charge in [-0.05, 0) is 25.3 Å². The summed E-state index contributed by atoms with van der Waals surface area (Å²) < 4.78 is 0. The monoisotopic (exact) mass is 168 g/mol. The second-order valence-electron chi connectivity index (χ2n) is 2.91. The van der Waals surface area contributed by atoms with Gasteiger partial charge in [-0.15, -0.1) is 0 Å². The summed E-state index contributed by atoms with van der Waals surface area (Å²) in [5, 5.41) is 3.36. The molecule has 0 spiro atoms. The Balaban J connectivity index is 2.50. The standard InChI is InChI=1S/C7H12N4O/c1-6(9-10-8)7(12)11-4-2-3-5-11/h6H,2-5H2,1H3/t6-/m1/s1. The minimum absolute atomic E-state index is 0.0506. The molecule has 1 aliphatic heterocycles. The fourth-order valence-electron chi connectivity index (χ4n) is 1.33. The van der Waals surface area contributed by atoms with Crippen LogP contribution in [0.2, 0.25) is 0 Å². The van der Waals surface area contributed by atoms with Crippen molar-refractivity contribution in [2.75, 3.05) is 13.1 Å². The van der Waals surface area contributed by atoms with E-state index in [1.807, 2.05) is 0 Å². The van der Waals surface area contributed by atoms with Crippen LogP contribution in [0.25, 0.3) is 10.4 Å². The van der Waals surface area contributed by atoms with Crippen molar-refractivity contribution in [1.29, 1.82) is 0 Å². The summed E-state index contributed by atoms with van der Waals surface area (Å²) in [6, 6.07) is -0.548. The molecule has 0 N–H and O–H groups in total. The molecule has 12 heavy (non-hydrogen) atoms. The third-order valence-electron chi connectivity index (χ3n) is 2.00. The summed E-state index contributed by atoms with van der Waals surface area (Å²) in [4.78, 5) is 15.8. The Bertz CT molecular complexity index is 215. The molecule has 1 amide bonds. The minimum Gasteiger partial charge on any atom is -0.342 e. The van der Waals surface area contributed by atoms with Gasteiger partial charge < -0.3 is 4.90 Å². The molecule has 0 aromatic carbocycles. The number of amides is 1. The number of rotatable bonds is 2. The molecular formula is C7H12N4O. The number of carbonyl (C=O) groups is 1. The fourth-order valence-corrected chi connectivity index (χ4v) is 1.33. The summed E-state index contributed by atoms with van der Waals surface area (Å²) in [6.45, 7) is 3.24. The Morgan fingerprint density at radius 3 is 2.67 bits per heavy atom. The van der Waals surface area contributed by atoms with E-state index in [1.54, 1.807) is 11.8 Å². The van der Waals surface area contributed by atoms with Crippen molar-refractivity contribution >= 4 is 5.91 Å². The minimum atomic E-state index is -0.548. The molecule has 0 bridgehead atoms. The molecule has 5 heteroatoms. The van der Waals surface area contributed by atoms with E-state index in [4.69, 9.17) is 5.53 Å². The van der Waals surface area contributed by atoms with Crippen molar-refractivity contribution in [3.8, 4) is 0 Å². The Kier molecular flexibility index (Phi) is 2.94. The molecule has 0 unspecified atom stereocenters. The van der Waals surface area contributed by atoms with Gasteiger partial charge in [0.25, 0.3) is 0 Å². The molecule has 0 aromatic heterocycles. The van der Waals surface area contributed by atoms with Gasteiger partial charge in [-0.2, -0.15) is 0 Å². The third kappa shape index (κ3) is 1.89. The van der Waals surface area contributed by atoms with Crippen LogP contribution in [0.3, 0.4) is 0 Å². The van der Waals surface area contributed by atoms with E-state index in [9.17, 15) is 4.79 Å². The topological polar surface area (TPSA) is 69.1 Å². The van der Waals surface area contributed by atoms with Crippen LogP contribution in [0.5, 0.6) is 0 Å². The molecule has 5 nitrogen and oxygen atoms in total. The maximum atomic E-state index is 11.4. The van der Waals surface area contributed by atoms with Gasteiger partial charge in [0.1, 0.15) is 6.04 Å². The van der Waals surface area contributed by atoms with Gasteiger partial charge in [-0.1, -0.05) is 5.11 Å². The van der Waals surface area contributed by atoms with Crippen LogP contribution in [0.15, 0.2) is 5.11 Å². The molecule has 0 radical (unpaired) electrons. The van der Waals surface area contributed by atoms with Gasteiger partial charge in [-0.3, -0.25) is 4.79 Å². The lowest BCUT2D eigenvalue weighted by Gasteiger charge is -2.16. The molecule has 0 aromatic rings. The van der Waals surface area contributed by atoms with Gasteiger partial charge in [-0.25, -0.2) is 0 Å². The molecular weight excluding hydrogens is 156 g/mol. The average Bonchev–Trinajstić information content (AvgIpc) is 2.55. The summed E-state index contributed by atoms with van der Waals surface area (Å²) in [5.74, 6) is -0.0506. The maximum absolute atomic E-state index is 11.4. The van der Waals surface area contributed by atoms with Crippen molar-refractivity contribution in [1.82, 2.24) is 4.90 Å². The van der Waals surface area contributed by atoms with Crippen molar-refractivity contribution in [3.63, 3.8) is 0 Å². The lowest BCUT2D eigenvalue weighted by Crippen LogP contribution is -2.34. The van der Waals surface area contributed by atoms with E-state index in [0.29, 0.717) is 0 Å². The van der Waals surface area contributed by atoms with Crippen LogP contribution in [0.4, 0.5) is 0 Å². The first-order valence-corrected chi connectivity index (χ1v) is 4.08. The molecule has 0 aliphatic carbocycles. The summed E-state index contributed by atoms with van der Waals surface area (Å²) in [5.41, 5.74) is 8.12. The second-order valence-corrected chi connectivity index (χ2v) is 2.91. The van der Waals surface area contributed by atoms with E-state index >= 15 is 0 Å². The maximum Gasteiger partial charge on any atom is 0.231 e. The van der Waals surface area contributed by atoms with E-state index < -0.39 is 6.04 Å². The first kappa shape index (κ1) is 8.87. The number of likely N-dealkylation sites (tertiary alicyclic amines) is 1. The van der Waals surface area contributed by atoms with Crippen LogP contribution in [-0.2, 0) is 4.79 Å². The predicted molar refractivity (Wildman–Crippen MR) is 44.4 cm³/mol. The Morgan fingerprint density at radius 2 is 2.17 bits per heavy atom. The van der Waals surface area contributed by atoms with Crippen molar-refractivity contribution in [2.24, 2.45) is 5.11 Å². The van der Waals surface area contributed by atoms with Crippen LogP contribution in [0, 0.1) is 0 Å². The zero-order valence-corrected chi connectivity index (χ0v) is 7.10. The smallest absolute Gasteiger partial charge is 0.231 e. The number of hydrogen-bond acceptors (Lipinski definition) is 2. The van der Waals surface area contributed by atoms with Gasteiger partial charge >= 0.3 is 0 Å². The zero-order chi connectivity index (χ0) is 8.97. The van der Waals surface area contributed by atoms with Gasteiger partial charge in [0.05, 0.1) is 0 Å². The SMILES string of the molecule is C[C@@H](N=[N+]=[N-])C(=O)N1CCCC1. The predicted octanol–water partition coefficient (Wildman–Crippen LogP) is 1.31. The fraction of sp³-hybridized carbons (Fsp3) is 0.857. The lowest BCUT2D eigenvalue weighted by atomic mass is 10.3. The quantitative estimate of drug-likeness (QED) is 0.348. The van der Waals surface area contributed by atoms with Crippen molar-refractivity contribution in [3.05, 3.63) is 10.4 Å². The van der Waals surface area contributed by atoms with Crippen molar-refractivity contribution < 1.29 is 4.79 Å². The highest BCUT2D eigenvalue weighted by molar-refractivity contribution is 5.81. The van der Waals surface area contributed by atoms with Crippen LogP contribution in [-0.4, -0.2) is 29.9 Å². The van der Waals surface area contributed by atoms with Crippen molar-refractivity contribution in [2.45, 2.75) is 25.8 Å². The number of hydrogen-bond donors (Lipinski definition) is 0. The first-order chi connectivity index (χ1) is 5.75. The highest BCUT2D eigenvalue weighted by Crippen LogP contribution is 2.10. The highest BCUT2D eigenvalue weighted by atomic mass is 16.2. The first-order valence-electron chi connectivity index (χ1n) is 4.08. The second kappa shape index (κ2) is 3.97. The molecule has 1 heterocycles. The third-order valence-corrected chi connectivity index (χ3v) is 2.00. The lowest BCUT2D eigenvalue weighted by molar-refractivity contribution is -0.131. The molecule has 1 saturated heterocycles. The average molecular weight is 168 g/mol. The number of azide groups is 1. The molecule has 1 rings (SSSR count). The van der Waals surface area contributed by atoms with E-state index in [2.05, 4.69) is 10.0 Å². The summed E-state index contributed by atoms with van der Waals surface area (Å²) >= 11 is 0. The molecule has 1 atom stereocenters. The van der Waals surface area contributed by atoms with Gasteiger partial charge in [0, 0.05) is 18.0 Å². The Morgan fingerprint density at radius 1 is 1.58 bits per heavy atom. The number of carbonyl (C=O) groups excluding carboxylic acids is 1. The molecule has 0 saturated carbocycles. The van der Waals surface area contributed by atoms with Crippen LogP contribution in [0.1, 0.15) is 19.8 Å². The summed E-state index contributed by atoms with van der Waals surface area (Å²) in [6.07, 6.45) is 2.13. The van der Waals surface area contributed by atoms with E-state index in [-0.39, 0.29) is 5.91 Å². The van der Waals surface area contributed by atoms with Gasteiger partial charge in [0.15, 0.2) is 0 Å². The normalized spacial score (nSPS) is 18.6. The summed E-state index contributed by atoms with van der Waals surface area (Å²) in [7, 11) is 0. The Labute approximate surface area is 71.0 Å². The Hall–Kier alpha value is -1.22. The van der Waals surface area contributed by atoms with Crippen LogP contribution >= 0.6 is 0 Å². The van der Waals surface area contributed by atoms with Gasteiger partial charge in [0.2, 0.25) is 5.91 Å². The molecule has 66 valence electrons.